The molecule has 1 aliphatic carbocycles. The Morgan fingerprint density at radius 2 is 1.95 bits per heavy atom. The van der Waals surface area contributed by atoms with Crippen LogP contribution in [0.15, 0.2) is 18.2 Å². The number of ether oxygens (including phenoxy) is 3. The minimum atomic E-state index is 0.218. The minimum absolute atomic E-state index is 0.218. The second kappa shape index (κ2) is 7.66. The highest BCUT2D eigenvalue weighted by Crippen LogP contribution is 2.31. The van der Waals surface area contributed by atoms with Crippen LogP contribution in [-0.4, -0.2) is 33.5 Å². The van der Waals surface area contributed by atoms with Crippen LogP contribution in [0.1, 0.15) is 44.2 Å². The summed E-state index contributed by atoms with van der Waals surface area (Å²) in [5.41, 5.74) is 1.14. The van der Waals surface area contributed by atoms with Crippen LogP contribution in [0.25, 0.3) is 0 Å². The summed E-state index contributed by atoms with van der Waals surface area (Å²) in [5.74, 6) is 1.76. The van der Waals surface area contributed by atoms with Crippen LogP contribution in [0, 0.1) is 0 Å². The fraction of sp³-hybridized carbons (Fsp3) is 0.647. The number of rotatable bonds is 6. The molecule has 0 aliphatic heterocycles. The summed E-state index contributed by atoms with van der Waals surface area (Å²) < 4.78 is 16.3. The summed E-state index contributed by atoms with van der Waals surface area (Å²) in [6.45, 7) is 2.17. The first-order valence-corrected chi connectivity index (χ1v) is 7.68. The summed E-state index contributed by atoms with van der Waals surface area (Å²) in [6.07, 6.45) is 5.06. The number of methoxy groups -OCH3 is 3. The van der Waals surface area contributed by atoms with E-state index in [1.54, 1.807) is 14.2 Å². The van der Waals surface area contributed by atoms with Crippen LogP contribution in [0.4, 0.5) is 0 Å². The quantitative estimate of drug-likeness (QED) is 0.873. The van der Waals surface area contributed by atoms with Crippen molar-refractivity contribution in [2.24, 2.45) is 0 Å². The third kappa shape index (κ3) is 4.11. The van der Waals surface area contributed by atoms with Gasteiger partial charge in [-0.25, -0.2) is 0 Å². The monoisotopic (exact) mass is 293 g/mol. The molecular formula is C17H27NO3. The molecule has 1 aromatic rings. The van der Waals surface area contributed by atoms with E-state index in [0.29, 0.717) is 12.1 Å². The highest BCUT2D eigenvalue weighted by Gasteiger charge is 2.24. The van der Waals surface area contributed by atoms with E-state index in [1.165, 1.54) is 19.3 Å². The molecule has 0 heterocycles. The van der Waals surface area contributed by atoms with E-state index >= 15 is 0 Å². The minimum Gasteiger partial charge on any atom is -0.497 e. The van der Waals surface area contributed by atoms with Crippen molar-refractivity contribution in [1.82, 2.24) is 5.32 Å². The number of benzene rings is 1. The lowest BCUT2D eigenvalue weighted by Crippen LogP contribution is -2.38. The average molecular weight is 293 g/mol. The summed E-state index contributed by atoms with van der Waals surface area (Å²) in [5, 5.41) is 3.71. The average Bonchev–Trinajstić information content (AvgIpc) is 2.54. The lowest BCUT2D eigenvalue weighted by atomic mass is 9.91. The zero-order valence-electron chi connectivity index (χ0n) is 13.5. The molecule has 0 radical (unpaired) electrons. The molecule has 3 unspecified atom stereocenters. The normalized spacial score (nSPS) is 23.6. The van der Waals surface area contributed by atoms with Gasteiger partial charge in [-0.15, -0.1) is 0 Å². The van der Waals surface area contributed by atoms with Crippen LogP contribution in [-0.2, 0) is 4.74 Å². The van der Waals surface area contributed by atoms with Gasteiger partial charge in [0, 0.05) is 24.8 Å². The maximum Gasteiger partial charge on any atom is 0.123 e. The van der Waals surface area contributed by atoms with E-state index < -0.39 is 0 Å². The lowest BCUT2D eigenvalue weighted by molar-refractivity contribution is 0.0572. The molecule has 4 heteroatoms. The van der Waals surface area contributed by atoms with E-state index in [4.69, 9.17) is 14.2 Å². The van der Waals surface area contributed by atoms with E-state index in [9.17, 15) is 0 Å². The van der Waals surface area contributed by atoms with Gasteiger partial charge < -0.3 is 19.5 Å². The fourth-order valence-electron chi connectivity index (χ4n) is 3.13. The molecule has 1 aromatic carbocycles. The zero-order chi connectivity index (χ0) is 15.2. The predicted octanol–water partition coefficient (Wildman–Crippen LogP) is 3.31. The largest absolute Gasteiger partial charge is 0.497 e. The first kappa shape index (κ1) is 16.1. The Labute approximate surface area is 127 Å². The highest BCUT2D eigenvalue weighted by molar-refractivity contribution is 5.42. The standard InChI is InChI=1S/C17H27NO3/c1-12(18-13-6-5-7-14(10-13)19-2)16-11-15(20-3)8-9-17(16)21-4/h8-9,11-14,18H,5-7,10H2,1-4H3. The van der Waals surface area contributed by atoms with Crippen molar-refractivity contribution in [2.45, 2.75) is 50.8 Å². The van der Waals surface area contributed by atoms with Gasteiger partial charge in [0.1, 0.15) is 11.5 Å². The van der Waals surface area contributed by atoms with Gasteiger partial charge in [-0.05, 0) is 50.8 Å². The molecule has 0 aromatic heterocycles. The van der Waals surface area contributed by atoms with Crippen LogP contribution >= 0.6 is 0 Å². The summed E-state index contributed by atoms with van der Waals surface area (Å²) in [4.78, 5) is 0. The van der Waals surface area contributed by atoms with Crippen molar-refractivity contribution in [2.75, 3.05) is 21.3 Å². The molecule has 4 nitrogen and oxygen atoms in total. The molecule has 1 saturated carbocycles. The van der Waals surface area contributed by atoms with Gasteiger partial charge in [-0.3, -0.25) is 0 Å². The lowest BCUT2D eigenvalue weighted by Gasteiger charge is -2.31. The molecule has 2 rings (SSSR count). The van der Waals surface area contributed by atoms with E-state index in [0.717, 1.165) is 23.5 Å². The molecule has 118 valence electrons. The molecule has 0 spiro atoms. The third-order valence-corrected chi connectivity index (χ3v) is 4.35. The molecular weight excluding hydrogens is 266 g/mol. The molecule has 1 N–H and O–H groups in total. The van der Waals surface area contributed by atoms with Crippen LogP contribution in [0.2, 0.25) is 0 Å². The van der Waals surface area contributed by atoms with Gasteiger partial charge >= 0.3 is 0 Å². The van der Waals surface area contributed by atoms with E-state index in [1.807, 2.05) is 25.3 Å². The Hall–Kier alpha value is -1.26. The Morgan fingerprint density at radius 1 is 1.14 bits per heavy atom. The maximum atomic E-state index is 5.51. The van der Waals surface area contributed by atoms with Gasteiger partial charge in [-0.2, -0.15) is 0 Å². The van der Waals surface area contributed by atoms with Crippen LogP contribution in [0.5, 0.6) is 11.5 Å². The molecule has 21 heavy (non-hydrogen) atoms. The molecule has 1 aliphatic rings. The van der Waals surface area contributed by atoms with Gasteiger partial charge in [0.2, 0.25) is 0 Å². The number of nitrogens with one attached hydrogen (secondary N) is 1. The van der Waals surface area contributed by atoms with Gasteiger partial charge in [-0.1, -0.05) is 0 Å². The first-order valence-electron chi connectivity index (χ1n) is 7.68. The van der Waals surface area contributed by atoms with E-state index in [2.05, 4.69) is 12.2 Å². The van der Waals surface area contributed by atoms with Crippen molar-refractivity contribution in [1.29, 1.82) is 0 Å². The highest BCUT2D eigenvalue weighted by atomic mass is 16.5. The zero-order valence-corrected chi connectivity index (χ0v) is 13.5. The van der Waals surface area contributed by atoms with Crippen molar-refractivity contribution in [3.8, 4) is 11.5 Å². The van der Waals surface area contributed by atoms with Crippen molar-refractivity contribution in [3.05, 3.63) is 23.8 Å². The summed E-state index contributed by atoms with van der Waals surface area (Å²) in [7, 11) is 5.20. The van der Waals surface area contributed by atoms with Gasteiger partial charge in [0.25, 0.3) is 0 Å². The van der Waals surface area contributed by atoms with Crippen LogP contribution < -0.4 is 14.8 Å². The smallest absolute Gasteiger partial charge is 0.123 e. The van der Waals surface area contributed by atoms with Crippen LogP contribution in [0.3, 0.4) is 0 Å². The maximum absolute atomic E-state index is 5.51. The third-order valence-electron chi connectivity index (χ3n) is 4.35. The van der Waals surface area contributed by atoms with E-state index in [-0.39, 0.29) is 6.04 Å². The number of hydrogen-bond acceptors (Lipinski definition) is 4. The molecule has 3 atom stereocenters. The Bertz CT molecular complexity index is 450. The fourth-order valence-corrected chi connectivity index (χ4v) is 3.13. The second-order valence-corrected chi connectivity index (χ2v) is 5.72. The Kier molecular flexibility index (Phi) is 5.88. The summed E-state index contributed by atoms with van der Waals surface area (Å²) in [6, 6.07) is 6.65. The first-order chi connectivity index (χ1) is 10.2. The SMILES string of the molecule is COc1ccc(OC)c(C(C)NC2CCCC(OC)C2)c1. The second-order valence-electron chi connectivity index (χ2n) is 5.72. The molecule has 1 fully saturated rings. The Balaban J connectivity index is 2.06. The van der Waals surface area contributed by atoms with Gasteiger partial charge in [0.15, 0.2) is 0 Å². The summed E-state index contributed by atoms with van der Waals surface area (Å²) >= 11 is 0. The molecule has 0 bridgehead atoms. The molecule has 0 amide bonds. The topological polar surface area (TPSA) is 39.7 Å². The Morgan fingerprint density at radius 3 is 2.62 bits per heavy atom. The van der Waals surface area contributed by atoms with Crippen molar-refractivity contribution < 1.29 is 14.2 Å². The van der Waals surface area contributed by atoms with Crippen molar-refractivity contribution in [3.63, 3.8) is 0 Å². The van der Waals surface area contributed by atoms with Crippen molar-refractivity contribution >= 4 is 0 Å². The predicted molar refractivity (Wildman–Crippen MR) is 84.1 cm³/mol. The number of hydrogen-bond donors (Lipinski definition) is 1. The molecule has 0 saturated heterocycles. The van der Waals surface area contributed by atoms with Gasteiger partial charge in [0.05, 0.1) is 20.3 Å².